The number of unbranched alkanes of at least 4 members (excludes halogenated alkanes) is 6. The summed E-state index contributed by atoms with van der Waals surface area (Å²) in [7, 11) is 0. The Bertz CT molecular complexity index is 3310. The minimum atomic E-state index is -0.256. The van der Waals surface area contributed by atoms with Crippen molar-refractivity contribution in [2.45, 2.75) is 114 Å². The van der Waals surface area contributed by atoms with Crippen molar-refractivity contribution in [2.75, 3.05) is 26.4 Å². The van der Waals surface area contributed by atoms with E-state index in [0.29, 0.717) is 77.4 Å². The Morgan fingerprint density at radius 2 is 0.713 bits per heavy atom. The number of phenols is 2. The summed E-state index contributed by atoms with van der Waals surface area (Å²) in [6.45, 7) is 23.0. The number of carbonyl (C=O) groups is 1. The molecule has 0 radical (unpaired) electrons. The van der Waals surface area contributed by atoms with Gasteiger partial charge in [0, 0.05) is 47.9 Å². The Morgan fingerprint density at radius 3 is 1.01 bits per heavy atom. The van der Waals surface area contributed by atoms with Gasteiger partial charge in [-0.15, -0.1) is 0 Å². The van der Waals surface area contributed by atoms with Gasteiger partial charge in [-0.25, -0.2) is 29.9 Å². The Hall–Kier alpha value is -8.33. The number of benzene rings is 6. The molecule has 0 aliphatic carbocycles. The van der Waals surface area contributed by atoms with Crippen molar-refractivity contribution in [1.82, 2.24) is 29.9 Å². The monoisotopic (exact) mass is 1080 g/mol. The Morgan fingerprint density at radius 1 is 0.412 bits per heavy atom. The number of aromatic nitrogens is 6. The van der Waals surface area contributed by atoms with E-state index in [1.165, 1.54) is 18.1 Å². The smallest absolute Gasteiger partial charge is 0.200 e. The molecular formula is C66H74N6O8. The number of aliphatic hydroxyl groups is 1. The molecule has 0 atom stereocenters. The van der Waals surface area contributed by atoms with Gasteiger partial charge in [0.2, 0.25) is 5.76 Å². The molecule has 0 spiro atoms. The zero-order valence-corrected chi connectivity index (χ0v) is 47.7. The van der Waals surface area contributed by atoms with Crippen LogP contribution in [0, 0.1) is 55.4 Å². The number of hydrogen-bond acceptors (Lipinski definition) is 14. The second kappa shape index (κ2) is 28.5. The molecule has 8 aromatic rings. The highest BCUT2D eigenvalue weighted by Gasteiger charge is 2.20. The van der Waals surface area contributed by atoms with E-state index in [9.17, 15) is 15.0 Å². The van der Waals surface area contributed by atoms with Gasteiger partial charge in [0.15, 0.2) is 40.7 Å². The molecule has 0 aliphatic rings. The van der Waals surface area contributed by atoms with Crippen LogP contribution in [-0.2, 0) is 14.6 Å². The van der Waals surface area contributed by atoms with E-state index < -0.39 is 0 Å². The third kappa shape index (κ3) is 16.4. The lowest BCUT2D eigenvalue weighted by Crippen LogP contribution is -2.03. The fraction of sp³-hybridized carbons (Fsp3) is 0.318. The van der Waals surface area contributed by atoms with Crippen molar-refractivity contribution in [3.63, 3.8) is 0 Å². The van der Waals surface area contributed by atoms with E-state index in [-0.39, 0.29) is 29.6 Å². The molecule has 2 heterocycles. The first-order valence-electron chi connectivity index (χ1n) is 27.3. The second-order valence-corrected chi connectivity index (χ2v) is 20.4. The maximum absolute atomic E-state index is 11.0. The summed E-state index contributed by atoms with van der Waals surface area (Å²) < 4.78 is 11.7. The summed E-state index contributed by atoms with van der Waals surface area (Å²) in [6.07, 6.45) is 7.19. The van der Waals surface area contributed by atoms with Crippen LogP contribution in [0.15, 0.2) is 122 Å². The number of hydrogen-bond donors (Lipinski definition) is 3. The molecular weight excluding hydrogens is 1000 g/mol. The predicted molar refractivity (Wildman–Crippen MR) is 315 cm³/mol. The van der Waals surface area contributed by atoms with Gasteiger partial charge >= 0.3 is 0 Å². The van der Waals surface area contributed by atoms with Crippen LogP contribution in [0.2, 0.25) is 0 Å². The Balaban J connectivity index is 0.000000234. The van der Waals surface area contributed by atoms with Crippen molar-refractivity contribution in [3.05, 3.63) is 166 Å². The number of rotatable bonds is 24. The van der Waals surface area contributed by atoms with Crippen LogP contribution in [0.3, 0.4) is 0 Å². The van der Waals surface area contributed by atoms with E-state index in [1.54, 1.807) is 24.3 Å². The topological polar surface area (TPSA) is 192 Å². The molecule has 0 fully saturated rings. The molecule has 416 valence electrons. The number of phenolic OH excluding ortho intramolecular Hbond substituents is 2. The number of aryl methyl sites for hydroxylation is 8. The normalized spacial score (nSPS) is 11.0. The maximum Gasteiger partial charge on any atom is 0.200 e. The molecule has 0 aliphatic heterocycles. The first-order valence-corrected chi connectivity index (χ1v) is 27.3. The van der Waals surface area contributed by atoms with Gasteiger partial charge in [-0.05, 0) is 147 Å². The van der Waals surface area contributed by atoms with Gasteiger partial charge in [-0.2, -0.15) is 4.89 Å². The summed E-state index contributed by atoms with van der Waals surface area (Å²) in [5.41, 5.74) is 13.7. The fourth-order valence-electron chi connectivity index (χ4n) is 9.05. The number of aromatic hydroxyl groups is 2. The lowest BCUT2D eigenvalue weighted by Gasteiger charge is -2.13. The average Bonchev–Trinajstić information content (AvgIpc) is 3.45. The van der Waals surface area contributed by atoms with Crippen LogP contribution in [0.25, 0.3) is 68.3 Å². The number of carbonyl (C=O) groups excluding carboxylic acids is 1. The maximum atomic E-state index is 11.0. The Labute approximate surface area is 470 Å². The lowest BCUT2D eigenvalue weighted by atomic mass is 10.0. The van der Waals surface area contributed by atoms with Crippen LogP contribution >= 0.6 is 0 Å². The minimum Gasteiger partial charge on any atom is -0.507 e. The van der Waals surface area contributed by atoms with Crippen molar-refractivity contribution in [2.24, 2.45) is 0 Å². The summed E-state index contributed by atoms with van der Waals surface area (Å²) in [6, 6.07) is 35.2. The zero-order valence-electron chi connectivity index (χ0n) is 47.7. The van der Waals surface area contributed by atoms with Gasteiger partial charge in [-0.1, -0.05) is 108 Å². The molecule has 8 rings (SSSR count). The number of aliphatic hydroxyl groups excluding tert-OH is 1. The SMILES string of the molecule is C=C(OOCCCCCCOc1ccc(-c2nc(-c3ccc(C)cc3C)nc(-c3ccc(C)cc3C)n2)c(O)c1)C(C)=O.Cc1ccc(-c2nc(-c3ccc(C)cc3C)nc(-c3ccc(OCCCCCCO)cc3O)n2)c(C)c1. The van der Waals surface area contributed by atoms with Crippen molar-refractivity contribution in [3.8, 4) is 91.3 Å². The van der Waals surface area contributed by atoms with Crippen molar-refractivity contribution >= 4 is 5.78 Å². The molecule has 0 amide bonds. The molecule has 14 nitrogen and oxygen atoms in total. The summed E-state index contributed by atoms with van der Waals surface area (Å²) in [5.74, 6) is 4.05. The molecule has 80 heavy (non-hydrogen) atoms. The van der Waals surface area contributed by atoms with E-state index in [2.05, 4.69) is 84.5 Å². The molecule has 6 aromatic carbocycles. The van der Waals surface area contributed by atoms with E-state index >= 15 is 0 Å². The molecule has 3 N–H and O–H groups in total. The zero-order chi connectivity index (χ0) is 57.3. The molecule has 14 heteroatoms. The van der Waals surface area contributed by atoms with Crippen molar-refractivity contribution in [1.29, 1.82) is 0 Å². The summed E-state index contributed by atoms with van der Waals surface area (Å²) in [5, 5.41) is 30.8. The third-order valence-corrected chi connectivity index (χ3v) is 13.4. The first kappa shape index (κ1) is 59.3. The van der Waals surface area contributed by atoms with Crippen molar-refractivity contribution < 1.29 is 39.4 Å². The number of ketones is 1. The quantitative estimate of drug-likeness (QED) is 0.0170. The van der Waals surface area contributed by atoms with Crippen LogP contribution in [0.5, 0.6) is 23.0 Å². The fourth-order valence-corrected chi connectivity index (χ4v) is 9.05. The molecule has 0 unspecified atom stereocenters. The third-order valence-electron chi connectivity index (χ3n) is 13.4. The van der Waals surface area contributed by atoms with E-state index in [1.807, 2.05) is 62.4 Å². The Kier molecular flexibility index (Phi) is 21.2. The second-order valence-electron chi connectivity index (χ2n) is 20.4. The molecule has 0 bridgehead atoms. The van der Waals surface area contributed by atoms with Crippen LogP contribution in [0.1, 0.15) is 103 Å². The predicted octanol–water partition coefficient (Wildman–Crippen LogP) is 14.5. The molecule has 0 saturated carbocycles. The van der Waals surface area contributed by atoms with Crippen LogP contribution in [-0.4, -0.2) is 77.4 Å². The highest BCUT2D eigenvalue weighted by Crippen LogP contribution is 2.36. The number of allylic oxidation sites excluding steroid dienone is 1. The van der Waals surface area contributed by atoms with Gasteiger partial charge in [0.05, 0.1) is 30.9 Å². The van der Waals surface area contributed by atoms with Gasteiger partial charge in [0.1, 0.15) is 23.0 Å². The van der Waals surface area contributed by atoms with Gasteiger partial charge in [0.25, 0.3) is 0 Å². The molecule has 0 saturated heterocycles. The molecule has 2 aromatic heterocycles. The largest absolute Gasteiger partial charge is 0.507 e. The number of Topliss-reactive ketones (excluding diaryl/α,β-unsaturated/α-hetero) is 1. The summed E-state index contributed by atoms with van der Waals surface area (Å²) in [4.78, 5) is 49.7. The van der Waals surface area contributed by atoms with Gasteiger partial charge in [-0.3, -0.25) is 4.79 Å². The standard InChI is InChI=1S/C35H39N3O5.C31H35N3O3/c1-22-11-14-29(24(3)19-22)33-36-34(30-15-12-23(2)20-25(30)4)38-35(37-33)31-16-13-28(21-32(31)40)41-17-9-7-8-10-18-42-43-27(6)26(5)39;1-20-9-12-25(22(3)17-20)29-32-30(26-13-10-21(2)18-23(26)4)34-31(33-29)27-14-11-24(19-28(27)36)37-16-8-6-5-7-15-35/h11-16,19-21,40H,6-10,17-18H2,1-5H3;9-14,17-19,35-36H,5-8,15-16H2,1-4H3. The number of ether oxygens (including phenoxy) is 2. The minimum absolute atomic E-state index is 0.00164. The highest BCUT2D eigenvalue weighted by molar-refractivity contribution is 5.90. The first-order chi connectivity index (χ1) is 38.5. The highest BCUT2D eigenvalue weighted by atomic mass is 17.2. The van der Waals surface area contributed by atoms with Gasteiger partial charge < -0.3 is 29.7 Å². The average molecular weight is 1080 g/mol. The van der Waals surface area contributed by atoms with E-state index in [4.69, 9.17) is 54.3 Å². The van der Waals surface area contributed by atoms with Crippen LogP contribution in [0.4, 0.5) is 0 Å². The summed E-state index contributed by atoms with van der Waals surface area (Å²) >= 11 is 0. The lowest BCUT2D eigenvalue weighted by molar-refractivity contribution is -0.260. The van der Waals surface area contributed by atoms with Crippen LogP contribution < -0.4 is 9.47 Å². The van der Waals surface area contributed by atoms with E-state index in [0.717, 1.165) is 107 Å². The number of nitrogens with zero attached hydrogens (tertiary/aromatic N) is 6.